The molecular weight excluding hydrogens is 225 g/mol. The lowest BCUT2D eigenvalue weighted by atomic mass is 9.77. The van der Waals surface area contributed by atoms with Crippen LogP contribution in [0.5, 0.6) is 0 Å². The summed E-state index contributed by atoms with van der Waals surface area (Å²) < 4.78 is 0. The molecular formula is C14H22BNO2. The van der Waals surface area contributed by atoms with E-state index >= 15 is 0 Å². The predicted octanol–water partition coefficient (Wildman–Crippen LogP) is 1.13. The number of nitrogens with zero attached hydrogens (tertiary/aromatic N) is 1. The van der Waals surface area contributed by atoms with Crippen molar-refractivity contribution in [2.24, 2.45) is 0 Å². The highest BCUT2D eigenvalue weighted by molar-refractivity contribution is 6.59. The van der Waals surface area contributed by atoms with Gasteiger partial charge in [-0.2, -0.15) is 0 Å². The molecule has 0 amide bonds. The highest BCUT2D eigenvalue weighted by Crippen LogP contribution is 2.12. The van der Waals surface area contributed by atoms with E-state index in [9.17, 15) is 10.0 Å². The maximum absolute atomic E-state index is 9.37. The standard InChI is InChI=1S/C14H22BNO2/c17-15(18)14-9-5-4-8-13(14)12-16-10-6-2-1-3-7-11-16/h4-5,8-9,17-18H,1-3,6-7,10-12H2. The van der Waals surface area contributed by atoms with E-state index in [1.54, 1.807) is 6.07 Å². The SMILES string of the molecule is OB(O)c1ccccc1CN1CCCCCCC1. The van der Waals surface area contributed by atoms with Crippen LogP contribution in [-0.4, -0.2) is 35.2 Å². The normalized spacial score (nSPS) is 18.1. The Morgan fingerprint density at radius 1 is 0.944 bits per heavy atom. The zero-order valence-corrected chi connectivity index (χ0v) is 10.9. The summed E-state index contributed by atoms with van der Waals surface area (Å²) in [4.78, 5) is 2.43. The summed E-state index contributed by atoms with van der Waals surface area (Å²) in [6.07, 6.45) is 6.51. The van der Waals surface area contributed by atoms with Crippen molar-refractivity contribution in [2.45, 2.75) is 38.6 Å². The van der Waals surface area contributed by atoms with Gasteiger partial charge in [0.1, 0.15) is 0 Å². The molecule has 18 heavy (non-hydrogen) atoms. The lowest BCUT2D eigenvalue weighted by molar-refractivity contribution is 0.240. The minimum atomic E-state index is -1.36. The Balaban J connectivity index is 2.02. The van der Waals surface area contributed by atoms with Gasteiger partial charge in [0, 0.05) is 6.54 Å². The first-order valence-electron chi connectivity index (χ1n) is 6.93. The van der Waals surface area contributed by atoms with Crippen molar-refractivity contribution < 1.29 is 10.0 Å². The molecule has 0 saturated carbocycles. The van der Waals surface area contributed by atoms with Crippen LogP contribution in [0.3, 0.4) is 0 Å². The average molecular weight is 247 g/mol. The predicted molar refractivity (Wildman–Crippen MR) is 74.6 cm³/mol. The molecule has 1 heterocycles. The van der Waals surface area contributed by atoms with Gasteiger partial charge in [-0.25, -0.2) is 0 Å². The van der Waals surface area contributed by atoms with Gasteiger partial charge in [-0.1, -0.05) is 43.5 Å². The molecule has 0 aliphatic carbocycles. The quantitative estimate of drug-likeness (QED) is 0.787. The van der Waals surface area contributed by atoms with Gasteiger partial charge in [-0.15, -0.1) is 0 Å². The molecule has 1 saturated heterocycles. The zero-order chi connectivity index (χ0) is 12.8. The highest BCUT2D eigenvalue weighted by atomic mass is 16.4. The maximum Gasteiger partial charge on any atom is 0.488 e. The number of rotatable bonds is 3. The van der Waals surface area contributed by atoms with Crippen molar-refractivity contribution in [1.82, 2.24) is 4.90 Å². The third-order valence-electron chi connectivity index (χ3n) is 3.68. The fourth-order valence-corrected chi connectivity index (χ4v) is 2.64. The number of hydrogen-bond acceptors (Lipinski definition) is 3. The highest BCUT2D eigenvalue weighted by Gasteiger charge is 2.17. The molecule has 1 aromatic carbocycles. The van der Waals surface area contributed by atoms with Gasteiger partial charge in [0.05, 0.1) is 0 Å². The van der Waals surface area contributed by atoms with Crippen molar-refractivity contribution in [3.05, 3.63) is 29.8 Å². The molecule has 2 N–H and O–H groups in total. The van der Waals surface area contributed by atoms with Crippen LogP contribution in [0.1, 0.15) is 37.7 Å². The van der Waals surface area contributed by atoms with Crippen LogP contribution >= 0.6 is 0 Å². The molecule has 3 nitrogen and oxygen atoms in total. The van der Waals surface area contributed by atoms with E-state index in [2.05, 4.69) is 4.90 Å². The van der Waals surface area contributed by atoms with E-state index in [0.717, 1.165) is 25.2 Å². The molecule has 0 aromatic heterocycles. The van der Waals surface area contributed by atoms with Crippen molar-refractivity contribution >= 4 is 12.6 Å². The van der Waals surface area contributed by atoms with Gasteiger partial charge in [-0.3, -0.25) is 4.90 Å². The molecule has 1 aliphatic heterocycles. The summed E-state index contributed by atoms with van der Waals surface area (Å²) in [5, 5.41) is 18.7. The molecule has 0 unspecified atom stereocenters. The molecule has 0 atom stereocenters. The van der Waals surface area contributed by atoms with Gasteiger partial charge < -0.3 is 10.0 Å². The summed E-state index contributed by atoms with van der Waals surface area (Å²) in [7, 11) is -1.36. The fraction of sp³-hybridized carbons (Fsp3) is 0.571. The minimum Gasteiger partial charge on any atom is -0.423 e. The van der Waals surface area contributed by atoms with Crippen molar-refractivity contribution in [3.8, 4) is 0 Å². The monoisotopic (exact) mass is 247 g/mol. The van der Waals surface area contributed by atoms with Crippen molar-refractivity contribution in [3.63, 3.8) is 0 Å². The second-order valence-electron chi connectivity index (χ2n) is 5.12. The van der Waals surface area contributed by atoms with Gasteiger partial charge in [0.25, 0.3) is 0 Å². The molecule has 0 radical (unpaired) electrons. The van der Waals surface area contributed by atoms with Gasteiger partial charge >= 0.3 is 7.12 Å². The lowest BCUT2D eigenvalue weighted by Gasteiger charge is -2.25. The summed E-state index contributed by atoms with van der Waals surface area (Å²) in [6, 6.07) is 7.61. The molecule has 1 aliphatic rings. The molecule has 2 rings (SSSR count). The Bertz CT molecular complexity index is 363. The molecule has 0 bridgehead atoms. The minimum absolute atomic E-state index is 0.638. The van der Waals surface area contributed by atoms with Gasteiger partial charge in [0.2, 0.25) is 0 Å². The zero-order valence-electron chi connectivity index (χ0n) is 10.9. The average Bonchev–Trinajstić information content (AvgIpc) is 2.33. The van der Waals surface area contributed by atoms with Gasteiger partial charge in [0.15, 0.2) is 0 Å². The van der Waals surface area contributed by atoms with E-state index < -0.39 is 7.12 Å². The van der Waals surface area contributed by atoms with Crippen LogP contribution in [0.25, 0.3) is 0 Å². The van der Waals surface area contributed by atoms with Crippen LogP contribution < -0.4 is 5.46 Å². The third kappa shape index (κ3) is 3.84. The fourth-order valence-electron chi connectivity index (χ4n) is 2.64. The van der Waals surface area contributed by atoms with E-state index in [0.29, 0.717) is 5.46 Å². The van der Waals surface area contributed by atoms with Crippen LogP contribution in [-0.2, 0) is 6.54 Å². The summed E-state index contributed by atoms with van der Waals surface area (Å²) in [6.45, 7) is 3.07. The van der Waals surface area contributed by atoms with E-state index in [4.69, 9.17) is 0 Å². The Kier molecular flexibility index (Phi) is 5.23. The summed E-state index contributed by atoms with van der Waals surface area (Å²) in [5.41, 5.74) is 1.67. The number of likely N-dealkylation sites (tertiary alicyclic amines) is 1. The maximum atomic E-state index is 9.37. The summed E-state index contributed by atoms with van der Waals surface area (Å²) in [5.74, 6) is 0. The Labute approximate surface area is 110 Å². The van der Waals surface area contributed by atoms with Crippen LogP contribution in [0, 0.1) is 0 Å². The van der Waals surface area contributed by atoms with Crippen LogP contribution in [0.15, 0.2) is 24.3 Å². The second-order valence-corrected chi connectivity index (χ2v) is 5.12. The topological polar surface area (TPSA) is 43.7 Å². The van der Waals surface area contributed by atoms with E-state index in [1.165, 1.54) is 32.1 Å². The van der Waals surface area contributed by atoms with Crippen LogP contribution in [0.4, 0.5) is 0 Å². The molecule has 4 heteroatoms. The second kappa shape index (κ2) is 6.93. The van der Waals surface area contributed by atoms with Gasteiger partial charge in [-0.05, 0) is 37.0 Å². The van der Waals surface area contributed by atoms with E-state index in [1.807, 2.05) is 18.2 Å². The Morgan fingerprint density at radius 2 is 1.56 bits per heavy atom. The third-order valence-corrected chi connectivity index (χ3v) is 3.68. The number of hydrogen-bond donors (Lipinski definition) is 2. The molecule has 98 valence electrons. The lowest BCUT2D eigenvalue weighted by Crippen LogP contribution is -2.36. The molecule has 1 fully saturated rings. The molecule has 1 aromatic rings. The Morgan fingerprint density at radius 3 is 2.22 bits per heavy atom. The first-order chi connectivity index (χ1) is 8.77. The largest absolute Gasteiger partial charge is 0.488 e. The number of benzene rings is 1. The first-order valence-corrected chi connectivity index (χ1v) is 6.93. The smallest absolute Gasteiger partial charge is 0.423 e. The Hall–Kier alpha value is -0.835. The van der Waals surface area contributed by atoms with Crippen LogP contribution in [0.2, 0.25) is 0 Å². The summed E-state index contributed by atoms with van der Waals surface area (Å²) >= 11 is 0. The van der Waals surface area contributed by atoms with Crippen molar-refractivity contribution in [1.29, 1.82) is 0 Å². The van der Waals surface area contributed by atoms with Crippen molar-refractivity contribution in [2.75, 3.05) is 13.1 Å². The molecule has 0 spiro atoms. The first kappa shape index (κ1) is 13.6. The van der Waals surface area contributed by atoms with E-state index in [-0.39, 0.29) is 0 Å².